The van der Waals surface area contributed by atoms with E-state index in [4.69, 9.17) is 0 Å². The molecule has 4 heteroatoms. The summed E-state index contributed by atoms with van der Waals surface area (Å²) in [6, 6.07) is 0.254. The lowest BCUT2D eigenvalue weighted by Crippen LogP contribution is -2.35. The van der Waals surface area contributed by atoms with Gasteiger partial charge in [-0.3, -0.25) is 9.36 Å². The van der Waals surface area contributed by atoms with Gasteiger partial charge in [0, 0.05) is 11.5 Å². The molecule has 2 saturated carbocycles. The van der Waals surface area contributed by atoms with Crippen LogP contribution in [0, 0.1) is 18.3 Å². The van der Waals surface area contributed by atoms with E-state index in [0.29, 0.717) is 11.4 Å². The fourth-order valence-corrected chi connectivity index (χ4v) is 6.88. The van der Waals surface area contributed by atoms with Crippen molar-refractivity contribution in [3.63, 3.8) is 0 Å². The van der Waals surface area contributed by atoms with Gasteiger partial charge in [0.25, 0.3) is 5.56 Å². The van der Waals surface area contributed by atoms with Crippen LogP contribution in [0.15, 0.2) is 4.79 Å². The second-order valence-corrected chi connectivity index (χ2v) is 12.0. The van der Waals surface area contributed by atoms with E-state index in [2.05, 4.69) is 32.7 Å². The fraction of sp³-hybridized carbons (Fsp3) is 0.852. The van der Waals surface area contributed by atoms with Crippen molar-refractivity contribution in [3.05, 3.63) is 21.7 Å². The van der Waals surface area contributed by atoms with Gasteiger partial charge in [0.05, 0.1) is 5.56 Å². The number of aromatic hydroxyl groups is 1. The molecule has 1 aromatic heterocycles. The molecule has 1 N–H and O–H groups in total. The molecular weight excluding hydrogens is 384 g/mol. The zero-order valence-corrected chi connectivity index (χ0v) is 20.8. The summed E-state index contributed by atoms with van der Waals surface area (Å²) in [6.45, 7) is 10.8. The summed E-state index contributed by atoms with van der Waals surface area (Å²) in [4.78, 5) is 17.5. The third-order valence-electron chi connectivity index (χ3n) is 7.88. The highest BCUT2D eigenvalue weighted by Gasteiger charge is 2.37. The first kappa shape index (κ1) is 24.3. The van der Waals surface area contributed by atoms with Crippen LogP contribution in [-0.2, 0) is 5.41 Å². The van der Waals surface area contributed by atoms with E-state index in [-0.39, 0.29) is 22.9 Å². The van der Waals surface area contributed by atoms with Crippen molar-refractivity contribution in [1.29, 1.82) is 0 Å². The van der Waals surface area contributed by atoms with Crippen molar-refractivity contribution < 1.29 is 5.11 Å². The van der Waals surface area contributed by atoms with Crippen LogP contribution in [0.5, 0.6) is 5.88 Å². The van der Waals surface area contributed by atoms with Gasteiger partial charge >= 0.3 is 0 Å². The van der Waals surface area contributed by atoms with Gasteiger partial charge in [0.2, 0.25) is 5.88 Å². The average molecular weight is 431 g/mol. The Balaban J connectivity index is 1.87. The SMILES string of the molecule is Cc1nc(=O)c(C(C)(C)CC(C)(C)CC2CCCCCC2)c(O)n1C1CCCCCC1. The zero-order valence-electron chi connectivity index (χ0n) is 20.8. The van der Waals surface area contributed by atoms with Gasteiger partial charge in [0.15, 0.2) is 0 Å². The lowest BCUT2D eigenvalue weighted by molar-refractivity contribution is 0.187. The molecule has 4 nitrogen and oxygen atoms in total. The minimum absolute atomic E-state index is 0.120. The maximum atomic E-state index is 13.0. The molecule has 2 aliphatic rings. The highest BCUT2D eigenvalue weighted by atomic mass is 16.3. The summed E-state index contributed by atoms with van der Waals surface area (Å²) in [5.41, 5.74) is -0.00993. The summed E-state index contributed by atoms with van der Waals surface area (Å²) < 4.78 is 1.99. The zero-order chi connectivity index (χ0) is 22.6. The smallest absolute Gasteiger partial charge is 0.280 e. The minimum atomic E-state index is -0.414. The van der Waals surface area contributed by atoms with Crippen LogP contribution in [0.3, 0.4) is 0 Å². The lowest BCUT2D eigenvalue weighted by Gasteiger charge is -2.38. The molecule has 2 fully saturated rings. The topological polar surface area (TPSA) is 55.1 Å². The fourth-order valence-electron chi connectivity index (χ4n) is 6.88. The van der Waals surface area contributed by atoms with E-state index in [1.807, 2.05) is 11.5 Å². The molecule has 1 heterocycles. The van der Waals surface area contributed by atoms with Gasteiger partial charge in [-0.2, -0.15) is 4.98 Å². The predicted octanol–water partition coefficient (Wildman–Crippen LogP) is 7.21. The third-order valence-corrected chi connectivity index (χ3v) is 7.88. The summed E-state index contributed by atoms with van der Waals surface area (Å²) in [6.07, 6.45) is 17.3. The Hall–Kier alpha value is -1.32. The van der Waals surface area contributed by atoms with Crippen molar-refractivity contribution in [2.75, 3.05) is 0 Å². The van der Waals surface area contributed by atoms with E-state index in [9.17, 15) is 9.90 Å². The molecule has 31 heavy (non-hydrogen) atoms. The van der Waals surface area contributed by atoms with Crippen LogP contribution in [-0.4, -0.2) is 14.7 Å². The molecule has 1 aromatic rings. The lowest BCUT2D eigenvalue weighted by atomic mass is 9.68. The van der Waals surface area contributed by atoms with Crippen molar-refractivity contribution in [2.45, 2.75) is 136 Å². The predicted molar refractivity (Wildman–Crippen MR) is 129 cm³/mol. The van der Waals surface area contributed by atoms with Crippen molar-refractivity contribution in [1.82, 2.24) is 9.55 Å². The summed E-state index contributed by atoms with van der Waals surface area (Å²) >= 11 is 0. The van der Waals surface area contributed by atoms with Crippen LogP contribution in [0.4, 0.5) is 0 Å². The Morgan fingerprint density at radius 1 is 0.903 bits per heavy atom. The van der Waals surface area contributed by atoms with E-state index in [0.717, 1.165) is 25.2 Å². The van der Waals surface area contributed by atoms with Crippen molar-refractivity contribution >= 4 is 0 Å². The summed E-state index contributed by atoms with van der Waals surface area (Å²) in [5.74, 6) is 1.63. The Kier molecular flexibility index (Phi) is 7.91. The summed E-state index contributed by atoms with van der Waals surface area (Å²) in [5, 5.41) is 11.4. The molecule has 0 amide bonds. The number of aromatic nitrogens is 2. The third kappa shape index (κ3) is 6.14. The molecule has 0 spiro atoms. The maximum Gasteiger partial charge on any atom is 0.280 e. The molecule has 0 bridgehead atoms. The van der Waals surface area contributed by atoms with Crippen LogP contribution in [0.25, 0.3) is 0 Å². The van der Waals surface area contributed by atoms with Gasteiger partial charge in [-0.15, -0.1) is 0 Å². The van der Waals surface area contributed by atoms with Crippen LogP contribution in [0.2, 0.25) is 0 Å². The number of nitrogens with zero attached hydrogens (tertiary/aromatic N) is 2. The Morgan fingerprint density at radius 2 is 1.42 bits per heavy atom. The Bertz CT molecular complexity index is 777. The molecule has 0 saturated heterocycles. The van der Waals surface area contributed by atoms with Gasteiger partial charge in [0.1, 0.15) is 5.82 Å². The first-order valence-corrected chi connectivity index (χ1v) is 12.9. The van der Waals surface area contributed by atoms with Crippen LogP contribution in [0.1, 0.15) is 135 Å². The van der Waals surface area contributed by atoms with Crippen molar-refractivity contribution in [2.24, 2.45) is 11.3 Å². The number of aryl methyl sites for hydroxylation is 1. The standard InChI is InChI=1S/C27H46N2O2/c1-20-28-24(30)23(25(31)29(20)22-16-12-8-9-13-17-22)27(4,5)19-26(2,3)18-21-14-10-6-7-11-15-21/h21-22,31H,6-19H2,1-5H3. The van der Waals surface area contributed by atoms with E-state index < -0.39 is 5.41 Å². The second-order valence-electron chi connectivity index (χ2n) is 12.0. The first-order chi connectivity index (χ1) is 14.6. The normalized spacial score (nSPS) is 20.4. The molecule has 0 unspecified atom stereocenters. The quantitative estimate of drug-likeness (QED) is 0.485. The van der Waals surface area contributed by atoms with Gasteiger partial charge in [-0.05, 0) is 43.9 Å². The average Bonchev–Trinajstić information content (AvgIpc) is 3.04. The highest BCUT2D eigenvalue weighted by Crippen LogP contribution is 2.44. The molecule has 2 aliphatic carbocycles. The maximum absolute atomic E-state index is 13.0. The number of hydrogen-bond donors (Lipinski definition) is 1. The van der Waals surface area contributed by atoms with Crippen LogP contribution < -0.4 is 5.56 Å². The molecule has 3 rings (SSSR count). The molecule has 176 valence electrons. The Labute approximate surface area is 189 Å². The van der Waals surface area contributed by atoms with E-state index in [1.165, 1.54) is 70.6 Å². The van der Waals surface area contributed by atoms with Gasteiger partial charge < -0.3 is 5.11 Å². The second kappa shape index (κ2) is 10.1. The molecule has 0 aliphatic heterocycles. The van der Waals surface area contributed by atoms with Crippen LogP contribution >= 0.6 is 0 Å². The van der Waals surface area contributed by atoms with Gasteiger partial charge in [-0.1, -0.05) is 91.9 Å². The highest BCUT2D eigenvalue weighted by molar-refractivity contribution is 5.32. The van der Waals surface area contributed by atoms with E-state index in [1.54, 1.807) is 0 Å². The molecule has 0 aromatic carbocycles. The molecular formula is C27H46N2O2. The molecule has 0 radical (unpaired) electrons. The first-order valence-electron chi connectivity index (χ1n) is 12.9. The van der Waals surface area contributed by atoms with Gasteiger partial charge in [-0.25, -0.2) is 0 Å². The largest absolute Gasteiger partial charge is 0.494 e. The van der Waals surface area contributed by atoms with E-state index >= 15 is 0 Å². The monoisotopic (exact) mass is 430 g/mol. The molecule has 0 atom stereocenters. The number of hydrogen-bond acceptors (Lipinski definition) is 3. The summed E-state index contributed by atoms with van der Waals surface area (Å²) in [7, 11) is 0. The van der Waals surface area contributed by atoms with Crippen molar-refractivity contribution in [3.8, 4) is 5.88 Å². The Morgan fingerprint density at radius 3 is 1.97 bits per heavy atom. The minimum Gasteiger partial charge on any atom is -0.494 e. The number of rotatable bonds is 6.